The first-order valence-electron chi connectivity index (χ1n) is 9.19. The Hall–Kier alpha value is -3.15. The van der Waals surface area contributed by atoms with E-state index in [4.69, 9.17) is 0 Å². The van der Waals surface area contributed by atoms with E-state index in [-0.39, 0.29) is 11.9 Å². The van der Waals surface area contributed by atoms with Crippen molar-refractivity contribution in [2.75, 3.05) is 25.0 Å². The fourth-order valence-corrected chi connectivity index (χ4v) is 3.77. The van der Waals surface area contributed by atoms with Gasteiger partial charge in [-0.25, -0.2) is 4.98 Å². The zero-order valence-electron chi connectivity index (χ0n) is 15.4. The average molecular weight is 361 g/mol. The molecule has 6 heteroatoms. The van der Waals surface area contributed by atoms with Crippen LogP contribution in [0.3, 0.4) is 0 Å². The molecule has 1 amide bonds. The molecule has 0 unspecified atom stereocenters. The number of H-pyrrole nitrogens is 1. The minimum Gasteiger partial charge on any atom is -0.369 e. The number of likely N-dealkylation sites (N-methyl/N-ethyl adjacent to an activating group) is 1. The number of pyridine rings is 2. The van der Waals surface area contributed by atoms with Crippen LogP contribution in [0, 0.1) is 0 Å². The first-order valence-corrected chi connectivity index (χ1v) is 9.19. The molecule has 27 heavy (non-hydrogen) atoms. The van der Waals surface area contributed by atoms with Gasteiger partial charge in [-0.1, -0.05) is 6.58 Å². The molecule has 0 radical (unpaired) electrons. The first-order chi connectivity index (χ1) is 13.2. The Morgan fingerprint density at radius 2 is 2.22 bits per heavy atom. The van der Waals surface area contributed by atoms with Crippen molar-refractivity contribution in [3.63, 3.8) is 0 Å². The van der Waals surface area contributed by atoms with Crippen molar-refractivity contribution in [3.05, 3.63) is 55.6 Å². The predicted molar refractivity (Wildman–Crippen MR) is 108 cm³/mol. The van der Waals surface area contributed by atoms with Crippen molar-refractivity contribution in [1.29, 1.82) is 0 Å². The summed E-state index contributed by atoms with van der Waals surface area (Å²) in [6.07, 6.45) is 10.9. The number of carbonyl (C=O) groups excluding carboxylic acids is 1. The molecule has 4 heterocycles. The highest BCUT2D eigenvalue weighted by Crippen LogP contribution is 2.31. The van der Waals surface area contributed by atoms with Crippen LogP contribution in [0.4, 0.5) is 5.69 Å². The second-order valence-electron chi connectivity index (χ2n) is 6.92. The molecular weight excluding hydrogens is 338 g/mol. The molecule has 1 aliphatic rings. The predicted octanol–water partition coefficient (Wildman–Crippen LogP) is 3.24. The molecule has 0 aliphatic carbocycles. The van der Waals surface area contributed by atoms with Crippen LogP contribution in [0.25, 0.3) is 22.2 Å². The summed E-state index contributed by atoms with van der Waals surface area (Å²) >= 11 is 0. The quantitative estimate of drug-likeness (QED) is 0.725. The van der Waals surface area contributed by atoms with E-state index in [1.165, 1.54) is 6.08 Å². The molecule has 1 aliphatic heterocycles. The maximum absolute atomic E-state index is 12.0. The summed E-state index contributed by atoms with van der Waals surface area (Å²) in [6.45, 7) is 5.12. The first kappa shape index (κ1) is 17.3. The highest BCUT2D eigenvalue weighted by atomic mass is 16.2. The maximum atomic E-state index is 12.0. The number of nitrogens with zero attached hydrogens (tertiary/aromatic N) is 4. The van der Waals surface area contributed by atoms with Gasteiger partial charge in [-0.2, -0.15) is 0 Å². The molecule has 1 N–H and O–H groups in total. The van der Waals surface area contributed by atoms with Gasteiger partial charge in [0.2, 0.25) is 5.91 Å². The van der Waals surface area contributed by atoms with Crippen LogP contribution in [0.5, 0.6) is 0 Å². The van der Waals surface area contributed by atoms with Gasteiger partial charge in [-0.3, -0.25) is 9.78 Å². The second-order valence-corrected chi connectivity index (χ2v) is 6.92. The number of anilines is 1. The largest absolute Gasteiger partial charge is 0.369 e. The highest BCUT2D eigenvalue weighted by Gasteiger charge is 2.25. The summed E-state index contributed by atoms with van der Waals surface area (Å²) < 4.78 is 0. The Labute approximate surface area is 158 Å². The number of aromatic amines is 1. The third-order valence-corrected chi connectivity index (χ3v) is 5.35. The average Bonchev–Trinajstić information content (AvgIpc) is 3.16. The lowest BCUT2D eigenvalue weighted by Crippen LogP contribution is -2.48. The van der Waals surface area contributed by atoms with Crippen LogP contribution < -0.4 is 4.90 Å². The molecule has 0 spiro atoms. The van der Waals surface area contributed by atoms with Gasteiger partial charge >= 0.3 is 0 Å². The van der Waals surface area contributed by atoms with E-state index in [1.807, 2.05) is 29.4 Å². The number of nitrogens with one attached hydrogen (secondary N) is 1. The lowest BCUT2D eigenvalue weighted by atomic mass is 10.0. The summed E-state index contributed by atoms with van der Waals surface area (Å²) in [5, 5.41) is 1.08. The number of amides is 1. The fourth-order valence-electron chi connectivity index (χ4n) is 3.77. The van der Waals surface area contributed by atoms with Crippen molar-refractivity contribution in [2.24, 2.45) is 0 Å². The standard InChI is InChI=1S/C21H23N5O/c1-3-20(27)26-10-4-5-16(14-26)25(2)17-11-18-19(13-24-21(18)23-12-17)15-6-8-22-9-7-15/h3,6-9,11-13,16H,1,4-5,10,14H2,2H3,(H,23,24)/t16-/m1/s1. The van der Waals surface area contributed by atoms with Crippen molar-refractivity contribution in [2.45, 2.75) is 18.9 Å². The Balaban J connectivity index is 1.63. The van der Waals surface area contributed by atoms with Gasteiger partial charge in [0.25, 0.3) is 0 Å². The van der Waals surface area contributed by atoms with Gasteiger partial charge < -0.3 is 14.8 Å². The lowest BCUT2D eigenvalue weighted by Gasteiger charge is -2.38. The number of rotatable bonds is 4. The third-order valence-electron chi connectivity index (χ3n) is 5.35. The summed E-state index contributed by atoms with van der Waals surface area (Å²) in [5.74, 6) is 0.00675. The molecule has 0 aromatic carbocycles. The monoisotopic (exact) mass is 361 g/mol. The van der Waals surface area contributed by atoms with Gasteiger partial charge in [0, 0.05) is 55.7 Å². The van der Waals surface area contributed by atoms with Crippen molar-refractivity contribution in [3.8, 4) is 11.1 Å². The van der Waals surface area contributed by atoms with Gasteiger partial charge in [0.15, 0.2) is 0 Å². The number of piperidine rings is 1. The van der Waals surface area contributed by atoms with Gasteiger partial charge in [0.1, 0.15) is 5.65 Å². The Morgan fingerprint density at radius 3 is 3.00 bits per heavy atom. The maximum Gasteiger partial charge on any atom is 0.246 e. The summed E-state index contributed by atoms with van der Waals surface area (Å²) in [5.41, 5.74) is 4.14. The zero-order valence-corrected chi connectivity index (χ0v) is 15.4. The topological polar surface area (TPSA) is 65.1 Å². The van der Waals surface area contributed by atoms with Crippen LogP contribution in [0.1, 0.15) is 12.8 Å². The molecule has 4 rings (SSSR count). The molecule has 1 fully saturated rings. The minimum absolute atomic E-state index is 0.00675. The molecule has 0 bridgehead atoms. The van der Waals surface area contributed by atoms with Gasteiger partial charge in [0.05, 0.1) is 11.9 Å². The molecule has 1 atom stereocenters. The Bertz CT molecular complexity index is 965. The van der Waals surface area contributed by atoms with Crippen LogP contribution in [0.15, 0.2) is 55.6 Å². The van der Waals surface area contributed by atoms with Crippen molar-refractivity contribution < 1.29 is 4.79 Å². The molecule has 3 aromatic rings. The number of fused-ring (bicyclic) bond motifs is 1. The summed E-state index contributed by atoms with van der Waals surface area (Å²) in [6, 6.07) is 6.44. The zero-order chi connectivity index (χ0) is 18.8. The summed E-state index contributed by atoms with van der Waals surface area (Å²) in [7, 11) is 2.08. The molecular formula is C21H23N5O. The van der Waals surface area contributed by atoms with Crippen LogP contribution in [-0.2, 0) is 4.79 Å². The number of carbonyl (C=O) groups is 1. The van der Waals surface area contributed by atoms with E-state index >= 15 is 0 Å². The third kappa shape index (κ3) is 3.30. The van der Waals surface area contributed by atoms with Crippen LogP contribution in [0.2, 0.25) is 0 Å². The smallest absolute Gasteiger partial charge is 0.246 e. The normalized spacial score (nSPS) is 17.1. The SMILES string of the molecule is C=CC(=O)N1CCC[C@@H](N(C)c2cnc3[nH]cc(-c4ccncc4)c3c2)C1. The van der Waals surface area contributed by atoms with Crippen LogP contribution in [-0.4, -0.2) is 51.9 Å². The minimum atomic E-state index is 0.00675. The fraction of sp³-hybridized carbons (Fsp3) is 0.286. The molecule has 1 saturated heterocycles. The van der Waals surface area contributed by atoms with E-state index < -0.39 is 0 Å². The molecule has 6 nitrogen and oxygen atoms in total. The summed E-state index contributed by atoms with van der Waals surface area (Å²) in [4.78, 5) is 28.0. The molecule has 3 aromatic heterocycles. The Kier molecular flexibility index (Phi) is 4.62. The molecule has 138 valence electrons. The number of aromatic nitrogens is 3. The van der Waals surface area contributed by atoms with Crippen LogP contribution >= 0.6 is 0 Å². The van der Waals surface area contributed by atoms with E-state index in [9.17, 15) is 4.79 Å². The number of hydrogen-bond donors (Lipinski definition) is 1. The number of likely N-dealkylation sites (tertiary alicyclic amines) is 1. The lowest BCUT2D eigenvalue weighted by molar-refractivity contribution is -0.127. The van der Waals surface area contributed by atoms with E-state index in [0.717, 1.165) is 47.2 Å². The van der Waals surface area contributed by atoms with Crippen molar-refractivity contribution >= 4 is 22.6 Å². The second kappa shape index (κ2) is 7.23. The van der Waals surface area contributed by atoms with E-state index in [2.05, 4.69) is 39.5 Å². The highest BCUT2D eigenvalue weighted by molar-refractivity contribution is 5.95. The van der Waals surface area contributed by atoms with E-state index in [1.54, 1.807) is 12.4 Å². The van der Waals surface area contributed by atoms with Crippen molar-refractivity contribution in [1.82, 2.24) is 19.9 Å². The Morgan fingerprint density at radius 1 is 1.41 bits per heavy atom. The molecule has 0 saturated carbocycles. The van der Waals surface area contributed by atoms with Gasteiger partial charge in [-0.05, 0) is 42.7 Å². The van der Waals surface area contributed by atoms with Gasteiger partial charge in [-0.15, -0.1) is 0 Å². The number of hydrogen-bond acceptors (Lipinski definition) is 4. The van der Waals surface area contributed by atoms with E-state index in [0.29, 0.717) is 6.54 Å².